The van der Waals surface area contributed by atoms with Gasteiger partial charge in [-0.05, 0) is 44.0 Å². The van der Waals surface area contributed by atoms with Crippen LogP contribution in [0.3, 0.4) is 0 Å². The van der Waals surface area contributed by atoms with Crippen molar-refractivity contribution in [1.29, 1.82) is 0 Å². The van der Waals surface area contributed by atoms with E-state index in [0.29, 0.717) is 0 Å². The van der Waals surface area contributed by atoms with Gasteiger partial charge in [0.25, 0.3) is 0 Å². The predicted octanol–water partition coefficient (Wildman–Crippen LogP) is 0.381. The van der Waals surface area contributed by atoms with Crippen molar-refractivity contribution in [2.24, 2.45) is 5.41 Å². The Kier molecular flexibility index (Phi) is 11.2. The quantitative estimate of drug-likeness (QED) is 0.420. The third-order valence-electron chi connectivity index (χ3n) is 5.18. The van der Waals surface area contributed by atoms with Crippen LogP contribution >= 0.6 is 0 Å². The summed E-state index contributed by atoms with van der Waals surface area (Å²) in [7, 11) is -3.63. The van der Waals surface area contributed by atoms with Crippen LogP contribution in [0.4, 0.5) is 0 Å². The minimum atomic E-state index is -1.91. The van der Waals surface area contributed by atoms with Gasteiger partial charge < -0.3 is 29.2 Å². The van der Waals surface area contributed by atoms with E-state index in [-0.39, 0.29) is 57.2 Å². The first kappa shape index (κ1) is 29.8. The van der Waals surface area contributed by atoms with E-state index in [4.69, 9.17) is 4.43 Å². The average Bonchev–Trinajstić information content (AvgIpc) is 2.92. The third-order valence-corrected chi connectivity index (χ3v) is 10.6. The SMILES string of the molecule is CC1=CCC(O[Si](C)(C)C)([Si](C)(C)C2=[C-]CC=C2)C(C(C)(C)C)=C1.[Cl-].[Cl-].[Ti+3]. The Morgan fingerprint density at radius 3 is 2.04 bits per heavy atom. The fraction of sp³-hybridized carbons (Fsp3) is 0.619. The van der Waals surface area contributed by atoms with Crippen molar-refractivity contribution in [3.63, 3.8) is 0 Å². The van der Waals surface area contributed by atoms with Gasteiger partial charge in [-0.25, -0.2) is 11.3 Å². The van der Waals surface area contributed by atoms with Crippen LogP contribution in [0.5, 0.6) is 0 Å². The molecular weight excluding hydrogens is 443 g/mol. The molecule has 0 fully saturated rings. The number of rotatable bonds is 4. The summed E-state index contributed by atoms with van der Waals surface area (Å²) in [6.07, 6.45) is 15.0. The molecule has 0 aliphatic heterocycles. The normalized spacial score (nSPS) is 22.6. The Hall–Kier alpha value is 0.648. The van der Waals surface area contributed by atoms with Gasteiger partial charge in [-0.15, -0.1) is 6.42 Å². The van der Waals surface area contributed by atoms with E-state index in [1.165, 1.54) is 16.3 Å². The van der Waals surface area contributed by atoms with Crippen molar-refractivity contribution in [2.45, 2.75) is 78.5 Å². The molecular formula is C21H35Cl2OSi2Ti. The maximum Gasteiger partial charge on any atom is 3.00 e. The van der Waals surface area contributed by atoms with Crippen LogP contribution in [-0.4, -0.2) is 21.6 Å². The van der Waals surface area contributed by atoms with Gasteiger partial charge in [0.1, 0.15) is 0 Å². The summed E-state index contributed by atoms with van der Waals surface area (Å²) in [4.78, 5) is 0. The van der Waals surface area contributed by atoms with Crippen LogP contribution in [0, 0.1) is 11.5 Å². The maximum atomic E-state index is 7.12. The summed E-state index contributed by atoms with van der Waals surface area (Å²) in [5, 5.41) is 1.27. The summed E-state index contributed by atoms with van der Waals surface area (Å²) in [6.45, 7) is 21.2. The van der Waals surface area contributed by atoms with Crippen molar-refractivity contribution in [1.82, 2.24) is 0 Å². The Morgan fingerprint density at radius 1 is 1.07 bits per heavy atom. The zero-order valence-corrected chi connectivity index (χ0v) is 23.5. The summed E-state index contributed by atoms with van der Waals surface area (Å²) >= 11 is 0. The predicted molar refractivity (Wildman–Crippen MR) is 111 cm³/mol. The molecule has 0 aromatic heterocycles. The fourth-order valence-electron chi connectivity index (χ4n) is 4.03. The molecule has 0 amide bonds. The van der Waals surface area contributed by atoms with E-state index >= 15 is 0 Å². The summed E-state index contributed by atoms with van der Waals surface area (Å²) in [5.74, 6) is 0. The van der Waals surface area contributed by atoms with Crippen molar-refractivity contribution < 1.29 is 51.0 Å². The van der Waals surface area contributed by atoms with E-state index in [1.807, 2.05) is 0 Å². The molecule has 0 bridgehead atoms. The molecule has 1 nitrogen and oxygen atoms in total. The molecule has 0 spiro atoms. The number of allylic oxidation sites excluding steroid dienone is 6. The number of halogens is 2. The first-order valence-electron chi connectivity index (χ1n) is 9.17. The first-order chi connectivity index (χ1) is 10.8. The van der Waals surface area contributed by atoms with Crippen molar-refractivity contribution in [2.75, 3.05) is 0 Å². The van der Waals surface area contributed by atoms with Crippen LogP contribution in [0.15, 0.2) is 40.6 Å². The van der Waals surface area contributed by atoms with Crippen LogP contribution in [0.2, 0.25) is 32.7 Å². The van der Waals surface area contributed by atoms with E-state index < -0.39 is 16.4 Å². The van der Waals surface area contributed by atoms with E-state index in [2.05, 4.69) is 90.8 Å². The van der Waals surface area contributed by atoms with Crippen molar-refractivity contribution in [3.05, 3.63) is 46.7 Å². The molecule has 2 aliphatic rings. The molecule has 27 heavy (non-hydrogen) atoms. The van der Waals surface area contributed by atoms with Gasteiger partial charge in [-0.2, -0.15) is 6.08 Å². The summed E-state index contributed by atoms with van der Waals surface area (Å²) in [6, 6.07) is 0. The van der Waals surface area contributed by atoms with E-state index in [1.54, 1.807) is 0 Å². The van der Waals surface area contributed by atoms with Gasteiger partial charge in [0.05, 0.1) is 13.3 Å². The van der Waals surface area contributed by atoms with Crippen molar-refractivity contribution >= 4 is 16.4 Å². The number of hydrogen-bond donors (Lipinski definition) is 0. The molecule has 1 unspecified atom stereocenters. The van der Waals surface area contributed by atoms with E-state index in [0.717, 1.165) is 12.8 Å². The second-order valence-electron chi connectivity index (χ2n) is 9.82. The van der Waals surface area contributed by atoms with Gasteiger partial charge in [0.2, 0.25) is 0 Å². The molecule has 2 aliphatic carbocycles. The van der Waals surface area contributed by atoms with Crippen LogP contribution in [0.1, 0.15) is 40.5 Å². The zero-order valence-electron chi connectivity index (χ0n) is 18.4. The fourth-order valence-corrected chi connectivity index (χ4v) is 10.5. The molecule has 0 aromatic rings. The van der Waals surface area contributed by atoms with Crippen LogP contribution < -0.4 is 24.8 Å². The van der Waals surface area contributed by atoms with Crippen molar-refractivity contribution in [3.8, 4) is 0 Å². The third kappa shape index (κ3) is 6.31. The minimum absolute atomic E-state index is 0. The average molecular weight is 478 g/mol. The molecule has 0 heterocycles. The van der Waals surface area contributed by atoms with Gasteiger partial charge in [0, 0.05) is 0 Å². The Labute approximate surface area is 197 Å². The molecule has 1 radical (unpaired) electrons. The van der Waals surface area contributed by atoms with Crippen LogP contribution in [0.25, 0.3) is 0 Å². The van der Waals surface area contributed by atoms with Gasteiger partial charge >= 0.3 is 21.7 Å². The Balaban J connectivity index is 0. The molecule has 0 aromatic carbocycles. The molecule has 0 N–H and O–H groups in total. The van der Waals surface area contributed by atoms with E-state index in [9.17, 15) is 0 Å². The second-order valence-corrected chi connectivity index (χ2v) is 18.8. The topological polar surface area (TPSA) is 9.23 Å². The monoisotopic (exact) mass is 477 g/mol. The Morgan fingerprint density at radius 2 is 1.63 bits per heavy atom. The maximum absolute atomic E-state index is 7.12. The Bertz CT molecular complexity index is 638. The van der Waals surface area contributed by atoms with Gasteiger partial charge in [0.15, 0.2) is 8.32 Å². The van der Waals surface area contributed by atoms with Gasteiger partial charge in [-0.3, -0.25) is 6.08 Å². The summed E-state index contributed by atoms with van der Waals surface area (Å²) < 4.78 is 7.12. The minimum Gasteiger partial charge on any atom is -1.00 e. The molecule has 2 rings (SSSR count). The standard InChI is InChI=1S/C21H35OSi2.2ClH.Ti/c1-17-14-15-21(22-23(5,6)7,19(16-17)20(2,3)4)24(8,9)18-12-10-11-13-18;;;/h10,12,14,16H,11,15H2,1-9H3;2*1H;/q-1;;;+3/p-2. The zero-order chi connectivity index (χ0) is 18.4. The van der Waals surface area contributed by atoms with Crippen LogP contribution in [-0.2, 0) is 26.1 Å². The smallest absolute Gasteiger partial charge is 1.00 e. The second kappa shape index (κ2) is 10.1. The molecule has 6 heteroatoms. The number of hydrogen-bond acceptors (Lipinski definition) is 1. The molecule has 151 valence electrons. The molecule has 1 atom stereocenters. The molecule has 0 saturated heterocycles. The molecule has 0 saturated carbocycles. The first-order valence-corrected chi connectivity index (χ1v) is 15.6. The largest absolute Gasteiger partial charge is 3.00 e. The van der Waals surface area contributed by atoms with Gasteiger partial charge in [-0.1, -0.05) is 51.6 Å². The summed E-state index contributed by atoms with van der Waals surface area (Å²) in [5.41, 5.74) is 2.96.